The van der Waals surface area contributed by atoms with E-state index in [2.05, 4.69) is 10.1 Å². The lowest BCUT2D eigenvalue weighted by atomic mass is 10.2. The number of rotatable bonds is 6. The molecule has 0 spiro atoms. The lowest BCUT2D eigenvalue weighted by molar-refractivity contribution is 0.288. The van der Waals surface area contributed by atoms with Crippen molar-refractivity contribution in [2.75, 3.05) is 6.61 Å². The smallest absolute Gasteiger partial charge is 0.231 e. The van der Waals surface area contributed by atoms with Gasteiger partial charge in [-0.25, -0.2) is 9.50 Å². The monoisotopic (exact) mass is 333 g/mol. The lowest BCUT2D eigenvalue weighted by Crippen LogP contribution is -2.02. The molecule has 0 amide bonds. The Morgan fingerprint density at radius 2 is 2.08 bits per heavy atom. The van der Waals surface area contributed by atoms with Crippen LogP contribution in [0.1, 0.15) is 25.7 Å². The Kier molecular flexibility index (Phi) is 3.44. The van der Waals surface area contributed by atoms with Gasteiger partial charge in [-0.05, 0) is 37.0 Å². The second-order valence-corrected chi connectivity index (χ2v) is 6.67. The number of furan rings is 1. The van der Waals surface area contributed by atoms with Gasteiger partial charge in [0.1, 0.15) is 11.3 Å². The summed E-state index contributed by atoms with van der Waals surface area (Å²) in [7, 11) is 0. The highest BCUT2D eigenvalue weighted by Crippen LogP contribution is 2.33. The van der Waals surface area contributed by atoms with Gasteiger partial charge in [0.2, 0.25) is 5.88 Å². The summed E-state index contributed by atoms with van der Waals surface area (Å²) in [6, 6.07) is 13.8. The molecule has 0 atom stereocenters. The first-order valence-electron chi connectivity index (χ1n) is 8.83. The molecule has 0 aliphatic heterocycles. The van der Waals surface area contributed by atoms with Crippen molar-refractivity contribution in [3.05, 3.63) is 48.7 Å². The van der Waals surface area contributed by atoms with E-state index in [0.29, 0.717) is 12.5 Å². The predicted molar refractivity (Wildman–Crippen MR) is 95.6 cm³/mol. The second-order valence-electron chi connectivity index (χ2n) is 6.67. The summed E-state index contributed by atoms with van der Waals surface area (Å²) in [5, 5.41) is 5.66. The van der Waals surface area contributed by atoms with Crippen LogP contribution in [0.25, 0.3) is 28.1 Å². The second kappa shape index (κ2) is 5.92. The summed E-state index contributed by atoms with van der Waals surface area (Å²) in [5.74, 6) is 2.32. The van der Waals surface area contributed by atoms with Gasteiger partial charge in [-0.2, -0.15) is 0 Å². The highest BCUT2D eigenvalue weighted by atomic mass is 16.5. The minimum atomic E-state index is 0.624. The van der Waals surface area contributed by atoms with Crippen LogP contribution < -0.4 is 4.74 Å². The molecular weight excluding hydrogens is 314 g/mol. The fourth-order valence-electron chi connectivity index (χ4n) is 3.16. The normalized spacial score (nSPS) is 14.4. The lowest BCUT2D eigenvalue weighted by Gasteiger charge is -2.05. The number of fused-ring (bicyclic) bond motifs is 2. The van der Waals surface area contributed by atoms with Crippen molar-refractivity contribution in [2.24, 2.45) is 5.92 Å². The van der Waals surface area contributed by atoms with Crippen LogP contribution in [0.15, 0.2) is 53.1 Å². The average molecular weight is 333 g/mol. The first-order chi connectivity index (χ1) is 12.4. The molecule has 1 aromatic carbocycles. The number of ether oxygens (including phenoxy) is 1. The molecule has 1 saturated carbocycles. The number of benzene rings is 1. The first-order valence-corrected chi connectivity index (χ1v) is 8.83. The van der Waals surface area contributed by atoms with E-state index in [0.717, 1.165) is 40.4 Å². The van der Waals surface area contributed by atoms with E-state index in [1.54, 1.807) is 10.7 Å². The molecular formula is C20H19N3O2. The van der Waals surface area contributed by atoms with Crippen molar-refractivity contribution in [1.29, 1.82) is 0 Å². The van der Waals surface area contributed by atoms with E-state index < -0.39 is 0 Å². The van der Waals surface area contributed by atoms with Gasteiger partial charge in [0.15, 0.2) is 11.4 Å². The number of imidazole rings is 1. The van der Waals surface area contributed by atoms with Gasteiger partial charge < -0.3 is 9.15 Å². The van der Waals surface area contributed by atoms with Crippen molar-refractivity contribution in [2.45, 2.75) is 25.7 Å². The van der Waals surface area contributed by atoms with E-state index in [9.17, 15) is 0 Å². The summed E-state index contributed by atoms with van der Waals surface area (Å²) in [4.78, 5) is 4.42. The van der Waals surface area contributed by atoms with Crippen LogP contribution in [0.4, 0.5) is 0 Å². The van der Waals surface area contributed by atoms with E-state index in [4.69, 9.17) is 9.15 Å². The maximum Gasteiger partial charge on any atom is 0.231 e. The Hall–Kier alpha value is -2.82. The van der Waals surface area contributed by atoms with Gasteiger partial charge >= 0.3 is 0 Å². The Bertz CT molecular complexity index is 997. The average Bonchev–Trinajstić information content (AvgIpc) is 3.21. The van der Waals surface area contributed by atoms with Gasteiger partial charge in [-0.1, -0.05) is 31.0 Å². The zero-order chi connectivity index (χ0) is 16.6. The topological polar surface area (TPSA) is 52.6 Å². The number of nitrogens with zero attached hydrogens (tertiary/aromatic N) is 3. The maximum absolute atomic E-state index is 5.95. The third kappa shape index (κ3) is 2.86. The van der Waals surface area contributed by atoms with E-state index in [1.807, 2.05) is 42.5 Å². The summed E-state index contributed by atoms with van der Waals surface area (Å²) in [6.45, 7) is 0.712. The first kappa shape index (κ1) is 14.5. The molecule has 0 radical (unpaired) electrons. The molecule has 0 bridgehead atoms. The van der Waals surface area contributed by atoms with Gasteiger partial charge in [0.05, 0.1) is 12.8 Å². The molecule has 0 N–H and O–H groups in total. The molecule has 5 heteroatoms. The predicted octanol–water partition coefficient (Wildman–Crippen LogP) is 4.71. The molecule has 4 aromatic rings. The van der Waals surface area contributed by atoms with Crippen LogP contribution in [-0.4, -0.2) is 21.2 Å². The SMILES string of the molecule is c1ccc2oc(-c3cnc4ccc(OCCCC5CC5)nn34)cc2c1. The summed E-state index contributed by atoms with van der Waals surface area (Å²) < 4.78 is 13.6. The number of hydrogen-bond acceptors (Lipinski definition) is 4. The molecule has 25 heavy (non-hydrogen) atoms. The Balaban J connectivity index is 1.42. The Morgan fingerprint density at radius 1 is 1.16 bits per heavy atom. The quantitative estimate of drug-likeness (QED) is 0.479. The molecule has 5 nitrogen and oxygen atoms in total. The third-order valence-electron chi connectivity index (χ3n) is 4.72. The van der Waals surface area contributed by atoms with Gasteiger partial charge in [-0.15, -0.1) is 5.10 Å². The summed E-state index contributed by atoms with van der Waals surface area (Å²) in [5.41, 5.74) is 2.47. The highest BCUT2D eigenvalue weighted by molar-refractivity contribution is 5.82. The molecule has 1 fully saturated rings. The standard InChI is InChI=1S/C20H19N3O2/c1-2-6-17-15(5-1)12-18(25-17)16-13-21-19-9-10-20(22-23(16)19)24-11-3-4-14-7-8-14/h1-2,5-6,9-10,12-14H,3-4,7-8,11H2. The van der Waals surface area contributed by atoms with Crippen LogP contribution in [0.5, 0.6) is 5.88 Å². The van der Waals surface area contributed by atoms with Crippen molar-refractivity contribution in [3.63, 3.8) is 0 Å². The minimum absolute atomic E-state index is 0.624. The van der Waals surface area contributed by atoms with Crippen LogP contribution in [0.3, 0.4) is 0 Å². The van der Waals surface area contributed by atoms with Crippen LogP contribution in [-0.2, 0) is 0 Å². The largest absolute Gasteiger partial charge is 0.477 e. The van der Waals surface area contributed by atoms with Gasteiger partial charge in [-0.3, -0.25) is 0 Å². The van der Waals surface area contributed by atoms with E-state index >= 15 is 0 Å². The minimum Gasteiger partial charge on any atom is -0.477 e. The number of para-hydroxylation sites is 1. The molecule has 5 rings (SSSR count). The van der Waals surface area contributed by atoms with Crippen molar-refractivity contribution in [1.82, 2.24) is 14.6 Å². The zero-order valence-electron chi connectivity index (χ0n) is 13.9. The Labute approximate surface area is 145 Å². The molecule has 0 saturated heterocycles. The third-order valence-corrected chi connectivity index (χ3v) is 4.72. The maximum atomic E-state index is 5.95. The molecule has 0 unspecified atom stereocenters. The fourth-order valence-corrected chi connectivity index (χ4v) is 3.16. The molecule has 3 aromatic heterocycles. The molecule has 1 aliphatic carbocycles. The van der Waals surface area contributed by atoms with Gasteiger partial charge in [0.25, 0.3) is 0 Å². The molecule has 126 valence electrons. The number of aromatic nitrogens is 3. The van der Waals surface area contributed by atoms with Crippen LogP contribution >= 0.6 is 0 Å². The fraction of sp³-hybridized carbons (Fsp3) is 0.300. The summed E-state index contributed by atoms with van der Waals surface area (Å²) in [6.07, 6.45) is 6.92. The summed E-state index contributed by atoms with van der Waals surface area (Å²) >= 11 is 0. The molecule has 3 heterocycles. The van der Waals surface area contributed by atoms with Crippen LogP contribution in [0, 0.1) is 5.92 Å². The van der Waals surface area contributed by atoms with Crippen molar-refractivity contribution < 1.29 is 9.15 Å². The highest BCUT2D eigenvalue weighted by Gasteiger charge is 2.20. The molecule has 1 aliphatic rings. The van der Waals surface area contributed by atoms with Gasteiger partial charge in [0, 0.05) is 11.5 Å². The zero-order valence-corrected chi connectivity index (χ0v) is 13.9. The van der Waals surface area contributed by atoms with Crippen LogP contribution in [0.2, 0.25) is 0 Å². The van der Waals surface area contributed by atoms with E-state index in [-0.39, 0.29) is 0 Å². The van der Waals surface area contributed by atoms with Crippen molar-refractivity contribution >= 4 is 16.6 Å². The number of hydrogen-bond donors (Lipinski definition) is 0. The van der Waals surface area contributed by atoms with E-state index in [1.165, 1.54) is 19.3 Å². The Morgan fingerprint density at radius 3 is 2.96 bits per heavy atom. The van der Waals surface area contributed by atoms with Crippen molar-refractivity contribution in [3.8, 4) is 17.3 Å².